The average Bonchev–Trinajstić information content (AvgIpc) is 3.58. The number of nitrogens with zero attached hydrogens (tertiary/aromatic N) is 4. The van der Waals surface area contributed by atoms with Gasteiger partial charge in [0.25, 0.3) is 5.91 Å². The second-order valence-electron chi connectivity index (χ2n) is 8.44. The molecule has 0 aliphatic rings. The highest BCUT2D eigenvalue weighted by molar-refractivity contribution is 5.91. The van der Waals surface area contributed by atoms with Crippen LogP contribution in [0.25, 0.3) is 17.3 Å². The normalized spacial score (nSPS) is 10.9. The van der Waals surface area contributed by atoms with Crippen LogP contribution in [0.1, 0.15) is 27.3 Å². The fourth-order valence-electron chi connectivity index (χ4n) is 4.01. The predicted molar refractivity (Wildman–Crippen MR) is 135 cm³/mol. The Labute approximate surface area is 204 Å². The van der Waals surface area contributed by atoms with E-state index < -0.39 is 0 Å². The van der Waals surface area contributed by atoms with Crippen LogP contribution < -0.4 is 0 Å². The van der Waals surface area contributed by atoms with Crippen molar-refractivity contribution in [2.24, 2.45) is 0 Å². The lowest BCUT2D eigenvalue weighted by Gasteiger charge is -2.21. The Kier molecular flexibility index (Phi) is 6.52. The zero-order valence-corrected chi connectivity index (χ0v) is 19.5. The molecule has 0 unspecified atom stereocenters. The largest absolute Gasteiger partial charge is 0.461 e. The van der Waals surface area contributed by atoms with Gasteiger partial charge in [-0.2, -0.15) is 4.98 Å². The molecule has 6 nitrogen and oxygen atoms in total. The molecule has 2 aromatic heterocycles. The number of carbonyl (C=O) groups is 1. The van der Waals surface area contributed by atoms with Gasteiger partial charge in [-0.1, -0.05) is 72.8 Å². The highest BCUT2D eigenvalue weighted by Gasteiger charge is 2.25. The number of carbonyl (C=O) groups excluding carboxylic acids is 1. The molecule has 0 spiro atoms. The summed E-state index contributed by atoms with van der Waals surface area (Å²) in [4.78, 5) is 20.2. The second-order valence-corrected chi connectivity index (χ2v) is 8.44. The summed E-state index contributed by atoms with van der Waals surface area (Å²) in [6.07, 6.45) is 2.33. The molecule has 0 fully saturated rings. The van der Waals surface area contributed by atoms with E-state index in [9.17, 15) is 4.79 Å². The molecule has 0 saturated carbocycles. The molecule has 0 aliphatic heterocycles. The summed E-state index contributed by atoms with van der Waals surface area (Å²) in [6.45, 7) is 3.04. The fourth-order valence-corrected chi connectivity index (χ4v) is 4.01. The predicted octanol–water partition coefficient (Wildman–Crippen LogP) is 5.72. The molecule has 0 atom stereocenters. The Morgan fingerprint density at radius 1 is 0.886 bits per heavy atom. The molecule has 5 aromatic rings. The Bertz CT molecular complexity index is 1390. The van der Waals surface area contributed by atoms with E-state index in [0.29, 0.717) is 24.7 Å². The van der Waals surface area contributed by atoms with Gasteiger partial charge in [0.1, 0.15) is 0 Å². The van der Waals surface area contributed by atoms with Crippen molar-refractivity contribution in [2.45, 2.75) is 19.9 Å². The third kappa shape index (κ3) is 5.22. The van der Waals surface area contributed by atoms with Crippen molar-refractivity contribution in [3.8, 4) is 17.3 Å². The molecule has 0 saturated heterocycles. The number of benzene rings is 3. The maximum Gasteiger partial charge on any atom is 0.293 e. The van der Waals surface area contributed by atoms with E-state index in [1.807, 2.05) is 90.7 Å². The number of furan rings is 1. The van der Waals surface area contributed by atoms with Crippen LogP contribution in [-0.2, 0) is 13.0 Å². The van der Waals surface area contributed by atoms with E-state index >= 15 is 0 Å². The van der Waals surface area contributed by atoms with Crippen LogP contribution in [0.3, 0.4) is 0 Å². The van der Waals surface area contributed by atoms with Gasteiger partial charge in [-0.25, -0.2) is 4.68 Å². The Balaban J connectivity index is 1.50. The van der Waals surface area contributed by atoms with E-state index in [0.717, 1.165) is 23.2 Å². The lowest BCUT2D eigenvalue weighted by atomic mass is 10.1. The number of aromatic nitrogens is 3. The maximum atomic E-state index is 13.8. The van der Waals surface area contributed by atoms with Gasteiger partial charge in [0.2, 0.25) is 5.82 Å². The zero-order valence-electron chi connectivity index (χ0n) is 19.5. The molecule has 3 aromatic carbocycles. The van der Waals surface area contributed by atoms with Crippen LogP contribution >= 0.6 is 0 Å². The molecule has 6 heteroatoms. The number of rotatable bonds is 8. The molecule has 0 aliphatic carbocycles. The van der Waals surface area contributed by atoms with Crippen molar-refractivity contribution in [2.75, 3.05) is 6.54 Å². The van der Waals surface area contributed by atoms with Crippen molar-refractivity contribution in [1.82, 2.24) is 19.7 Å². The van der Waals surface area contributed by atoms with E-state index in [2.05, 4.69) is 22.2 Å². The minimum absolute atomic E-state index is 0.141. The van der Waals surface area contributed by atoms with Gasteiger partial charge in [0.15, 0.2) is 11.6 Å². The van der Waals surface area contributed by atoms with Gasteiger partial charge in [0.05, 0.1) is 12.0 Å². The van der Waals surface area contributed by atoms with Gasteiger partial charge in [0, 0.05) is 13.1 Å². The topological polar surface area (TPSA) is 64.2 Å². The van der Waals surface area contributed by atoms with Crippen molar-refractivity contribution in [1.29, 1.82) is 0 Å². The van der Waals surface area contributed by atoms with Crippen molar-refractivity contribution >= 4 is 5.91 Å². The highest BCUT2D eigenvalue weighted by Crippen LogP contribution is 2.23. The molecular formula is C29H26N4O2. The van der Waals surface area contributed by atoms with Crippen molar-refractivity contribution < 1.29 is 9.21 Å². The summed E-state index contributed by atoms with van der Waals surface area (Å²) in [5, 5.41) is 4.65. The van der Waals surface area contributed by atoms with Gasteiger partial charge < -0.3 is 9.32 Å². The third-order valence-electron chi connectivity index (χ3n) is 5.80. The summed E-state index contributed by atoms with van der Waals surface area (Å²) in [7, 11) is 0. The first kappa shape index (κ1) is 22.3. The molecule has 35 heavy (non-hydrogen) atoms. The van der Waals surface area contributed by atoms with E-state index in [1.54, 1.807) is 17.0 Å². The quantitative estimate of drug-likeness (QED) is 0.296. The van der Waals surface area contributed by atoms with Gasteiger partial charge in [-0.3, -0.25) is 4.79 Å². The van der Waals surface area contributed by atoms with Gasteiger partial charge in [-0.15, -0.1) is 5.10 Å². The monoisotopic (exact) mass is 462 g/mol. The maximum absolute atomic E-state index is 13.8. The van der Waals surface area contributed by atoms with Crippen molar-refractivity contribution in [3.63, 3.8) is 0 Å². The van der Waals surface area contributed by atoms with E-state index in [1.165, 1.54) is 5.56 Å². The summed E-state index contributed by atoms with van der Waals surface area (Å²) in [6, 6.07) is 31.7. The summed E-state index contributed by atoms with van der Waals surface area (Å²) < 4.78 is 7.30. The summed E-state index contributed by atoms with van der Waals surface area (Å²) in [5.74, 6) is 0.967. The molecule has 174 valence electrons. The Hall–Kier alpha value is -4.45. The molecule has 5 rings (SSSR count). The number of hydrogen-bond acceptors (Lipinski definition) is 4. The first-order chi connectivity index (χ1) is 17.2. The highest BCUT2D eigenvalue weighted by atomic mass is 16.3. The number of aryl methyl sites for hydroxylation is 1. The van der Waals surface area contributed by atoms with Gasteiger partial charge in [-0.05, 0) is 54.3 Å². The zero-order chi connectivity index (χ0) is 24.0. The SMILES string of the molecule is Cc1cccc(-n2nc(C(=O)N(CCc3ccccc3)Cc3ccccc3)nc2-c2ccco2)c1. The standard InChI is InChI=1S/C29H26N4O2/c1-22-10-8-15-25(20-22)33-28(26-16-9-19-35-26)30-27(31-33)29(34)32(21-24-13-6-3-7-14-24)18-17-23-11-4-2-5-12-23/h2-16,19-20H,17-18,21H2,1H3. The van der Waals surface area contributed by atoms with Crippen LogP contribution in [0.4, 0.5) is 0 Å². The molecule has 0 bridgehead atoms. The number of amides is 1. The molecule has 2 heterocycles. The second kappa shape index (κ2) is 10.2. The van der Waals surface area contributed by atoms with Crippen LogP contribution in [-0.4, -0.2) is 32.1 Å². The minimum Gasteiger partial charge on any atom is -0.461 e. The first-order valence-corrected chi connectivity index (χ1v) is 11.6. The Morgan fingerprint density at radius 2 is 1.63 bits per heavy atom. The van der Waals surface area contributed by atoms with Crippen LogP contribution in [0.2, 0.25) is 0 Å². The first-order valence-electron chi connectivity index (χ1n) is 11.6. The fraction of sp³-hybridized carbons (Fsp3) is 0.138. The number of hydrogen-bond donors (Lipinski definition) is 0. The molecule has 0 N–H and O–H groups in total. The average molecular weight is 463 g/mol. The summed E-state index contributed by atoms with van der Waals surface area (Å²) in [5.41, 5.74) is 4.14. The minimum atomic E-state index is -0.219. The molecular weight excluding hydrogens is 436 g/mol. The van der Waals surface area contributed by atoms with Gasteiger partial charge >= 0.3 is 0 Å². The smallest absolute Gasteiger partial charge is 0.293 e. The van der Waals surface area contributed by atoms with E-state index in [4.69, 9.17) is 4.42 Å². The van der Waals surface area contributed by atoms with Crippen molar-refractivity contribution in [3.05, 3.63) is 126 Å². The van der Waals surface area contributed by atoms with E-state index in [-0.39, 0.29) is 11.7 Å². The lowest BCUT2D eigenvalue weighted by Crippen LogP contribution is -2.33. The third-order valence-corrected chi connectivity index (χ3v) is 5.80. The molecule has 1 amide bonds. The molecule has 0 radical (unpaired) electrons. The Morgan fingerprint density at radius 3 is 2.31 bits per heavy atom. The van der Waals surface area contributed by atoms with Crippen LogP contribution in [0, 0.1) is 6.92 Å². The van der Waals surface area contributed by atoms with Crippen LogP contribution in [0.5, 0.6) is 0 Å². The summed E-state index contributed by atoms with van der Waals surface area (Å²) >= 11 is 0. The van der Waals surface area contributed by atoms with Crippen LogP contribution in [0.15, 0.2) is 108 Å². The lowest BCUT2D eigenvalue weighted by molar-refractivity contribution is 0.0733.